The van der Waals surface area contributed by atoms with E-state index in [1.54, 1.807) is 13.2 Å². The van der Waals surface area contributed by atoms with Crippen molar-refractivity contribution in [2.45, 2.75) is 99.5 Å². The van der Waals surface area contributed by atoms with E-state index >= 15 is 4.79 Å². The van der Waals surface area contributed by atoms with E-state index in [0.717, 1.165) is 22.0 Å². The molecule has 1 saturated carbocycles. The van der Waals surface area contributed by atoms with Crippen LogP contribution in [0.25, 0.3) is 22.0 Å². The van der Waals surface area contributed by atoms with Gasteiger partial charge in [-0.15, -0.1) is 0 Å². The molecule has 2 aromatic heterocycles. The number of oxazole rings is 1. The molecule has 1 spiro atoms. The molecule has 16 nitrogen and oxygen atoms in total. The number of likely N-dealkylation sites (N-methyl/N-ethyl adjacent to an activating group) is 1. The van der Waals surface area contributed by atoms with Crippen LogP contribution in [-0.2, 0) is 45.8 Å². The normalized spacial score (nSPS) is 33.0. The van der Waals surface area contributed by atoms with Gasteiger partial charge in [0.25, 0.3) is 5.89 Å². The number of amides is 1. The number of anilines is 1. The highest BCUT2D eigenvalue weighted by molar-refractivity contribution is 5.95. The quantitative estimate of drug-likeness (QED) is 0.0945. The van der Waals surface area contributed by atoms with E-state index < -0.39 is 63.3 Å². The second kappa shape index (κ2) is 16.4. The van der Waals surface area contributed by atoms with Crippen molar-refractivity contribution in [1.82, 2.24) is 25.1 Å². The first-order valence-corrected chi connectivity index (χ1v) is 24.6. The number of aromatic nitrogens is 2. The minimum atomic E-state index is -2.34. The number of hydrogen-bond acceptors (Lipinski definition) is 14. The molecule has 3 N–H and O–H groups in total. The third kappa shape index (κ3) is 6.20. The smallest absolute Gasteiger partial charge is 0.344 e. The van der Waals surface area contributed by atoms with Gasteiger partial charge >= 0.3 is 23.8 Å². The zero-order valence-corrected chi connectivity index (χ0v) is 40.9. The van der Waals surface area contributed by atoms with Crippen molar-refractivity contribution in [1.29, 1.82) is 0 Å². The number of carbonyl (C=O) groups excluding carboxylic acids is 4. The summed E-state index contributed by atoms with van der Waals surface area (Å²) in [5, 5.41) is 17.9. The molecule has 16 heteroatoms. The lowest BCUT2D eigenvalue weighted by Gasteiger charge is -2.63. The lowest BCUT2D eigenvalue weighted by molar-refractivity contribution is -0.228. The number of aromatic amines is 1. The topological polar surface area (TPSA) is 189 Å². The van der Waals surface area contributed by atoms with Gasteiger partial charge < -0.3 is 48.6 Å². The SMILES string of the molecule is CC[C@]1(NC(=O)c2nc3ccccc3o2)C[C@H]2CN(CCc3c([nH]c4ccccc34)[C@@](C(=O)OC)(c3cc4c(cc3OC)N(C)[C@H]3[C@@](O)(C(=O)OC)[C@H](OC(C)=O)[C@]5(CC)C=CCN6CC[C@]43[C@@H]65)C2)C1. The van der Waals surface area contributed by atoms with E-state index in [-0.39, 0.29) is 24.3 Å². The summed E-state index contributed by atoms with van der Waals surface area (Å²) in [5.74, 6) is -2.15. The van der Waals surface area contributed by atoms with Gasteiger partial charge in [0.2, 0.25) is 5.60 Å². The number of para-hydroxylation sites is 3. The lowest BCUT2D eigenvalue weighted by atomic mass is 9.47. The number of ether oxygens (including phenoxy) is 4. The highest BCUT2D eigenvalue weighted by Crippen LogP contribution is 2.68. The van der Waals surface area contributed by atoms with E-state index in [1.807, 2.05) is 73.5 Å². The van der Waals surface area contributed by atoms with Crippen LogP contribution in [-0.4, -0.2) is 139 Å². The highest BCUT2D eigenvalue weighted by atomic mass is 16.6. The molecule has 1 aliphatic carbocycles. The number of carbonyl (C=O) groups is 4. The van der Waals surface area contributed by atoms with E-state index in [2.05, 4.69) is 44.1 Å². The maximum atomic E-state index is 15.7. The van der Waals surface area contributed by atoms with Crippen LogP contribution in [0.2, 0.25) is 0 Å². The Morgan fingerprint density at radius 1 is 0.943 bits per heavy atom. The molecule has 368 valence electrons. The summed E-state index contributed by atoms with van der Waals surface area (Å²) in [7, 11) is 6.13. The molecule has 2 bridgehead atoms. The van der Waals surface area contributed by atoms with E-state index in [9.17, 15) is 19.5 Å². The van der Waals surface area contributed by atoms with Crippen molar-refractivity contribution >= 4 is 51.5 Å². The number of aliphatic hydroxyl groups is 1. The van der Waals surface area contributed by atoms with Gasteiger partial charge in [-0.05, 0) is 86.4 Å². The summed E-state index contributed by atoms with van der Waals surface area (Å²) >= 11 is 0. The van der Waals surface area contributed by atoms with E-state index in [4.69, 9.17) is 23.4 Å². The summed E-state index contributed by atoms with van der Waals surface area (Å²) in [6, 6.07) is 18.1. The number of methoxy groups -OCH3 is 3. The Balaban J connectivity index is 1.13. The number of rotatable bonds is 9. The molecule has 2 saturated heterocycles. The Hall–Kier alpha value is -6.23. The van der Waals surface area contributed by atoms with Crippen LogP contribution in [0.15, 0.2) is 77.2 Å². The molecule has 1 amide bonds. The van der Waals surface area contributed by atoms with Crippen LogP contribution >= 0.6 is 0 Å². The van der Waals surface area contributed by atoms with Gasteiger partial charge in [0.15, 0.2) is 11.7 Å². The zero-order valence-electron chi connectivity index (χ0n) is 40.9. The third-order valence-corrected chi connectivity index (χ3v) is 17.5. The molecular weight excluding hydrogens is 893 g/mol. The Morgan fingerprint density at radius 3 is 2.44 bits per heavy atom. The zero-order chi connectivity index (χ0) is 49.1. The summed E-state index contributed by atoms with van der Waals surface area (Å²) < 4.78 is 30.2. The average molecular weight is 955 g/mol. The first-order valence-electron chi connectivity index (χ1n) is 24.6. The molecule has 5 aromatic rings. The standard InChI is InChI=1S/C54H62N6O10/c1-8-50(57-43(62)44-56-38-17-12-13-18-40(38)70-44)27-32-28-53(48(63)67-6,42-34(19-23-59(29-32)30-50)33-15-10-11-16-37(33)55-42)36-25-35-39(26-41(36)66-5)58(4)46-52(35)21-24-60-22-14-20-51(9-2,45(52)60)47(69-31(3)61)54(46,65)49(64)68-7/h10-18,20,25-26,32,45-47,55,65H,8-9,19,21-24,27-30H2,1-7H3,(H,57,62)/t32-,45+,46-,47-,50+,51-,52-,53+,54+/m1/s1. The molecule has 70 heavy (non-hydrogen) atoms. The number of esters is 3. The maximum Gasteiger partial charge on any atom is 0.344 e. The number of benzene rings is 3. The summed E-state index contributed by atoms with van der Waals surface area (Å²) in [6.45, 7) is 8.53. The number of nitrogens with one attached hydrogen (secondary N) is 2. The second-order valence-electron chi connectivity index (χ2n) is 20.7. The van der Waals surface area contributed by atoms with Crippen molar-refractivity contribution in [3.8, 4) is 5.75 Å². The fraction of sp³-hybridized carbons (Fsp3) is 0.500. The van der Waals surface area contributed by atoms with Crippen LogP contribution in [0.1, 0.15) is 85.9 Å². The van der Waals surface area contributed by atoms with Gasteiger partial charge in [-0.3, -0.25) is 19.3 Å². The molecule has 10 atom stereocenters. The molecule has 1 unspecified atom stereocenters. The van der Waals surface area contributed by atoms with Crippen molar-refractivity contribution < 1.29 is 47.6 Å². The molecule has 5 aliphatic heterocycles. The van der Waals surface area contributed by atoms with Crippen LogP contribution in [0, 0.1) is 11.3 Å². The summed E-state index contributed by atoms with van der Waals surface area (Å²) in [5.41, 5.74) is -0.700. The van der Waals surface area contributed by atoms with Crippen LogP contribution in [0.3, 0.4) is 0 Å². The lowest BCUT2D eigenvalue weighted by Crippen LogP contribution is -2.81. The molecule has 3 aromatic carbocycles. The number of fused-ring (bicyclic) bond motifs is 7. The van der Waals surface area contributed by atoms with E-state index in [0.29, 0.717) is 98.6 Å². The summed E-state index contributed by atoms with van der Waals surface area (Å²) in [6.07, 6.45) is 5.77. The van der Waals surface area contributed by atoms with Crippen LogP contribution in [0.4, 0.5) is 5.69 Å². The van der Waals surface area contributed by atoms with Gasteiger partial charge in [-0.2, -0.15) is 0 Å². The Labute approximate surface area is 406 Å². The molecule has 11 rings (SSSR count). The van der Waals surface area contributed by atoms with Gasteiger partial charge in [-0.1, -0.05) is 56.3 Å². The Kier molecular flexibility index (Phi) is 10.8. The van der Waals surface area contributed by atoms with Crippen molar-refractivity contribution in [2.75, 3.05) is 66.0 Å². The average Bonchev–Trinajstić information content (AvgIpc) is 4.15. The van der Waals surface area contributed by atoms with Gasteiger partial charge in [0, 0.05) is 90.9 Å². The molecule has 7 heterocycles. The fourth-order valence-electron chi connectivity index (χ4n) is 15.0. The first-order chi connectivity index (χ1) is 33.7. The van der Waals surface area contributed by atoms with Gasteiger partial charge in [0.1, 0.15) is 16.7 Å². The third-order valence-electron chi connectivity index (χ3n) is 17.5. The Morgan fingerprint density at radius 2 is 1.71 bits per heavy atom. The largest absolute Gasteiger partial charge is 0.496 e. The van der Waals surface area contributed by atoms with Gasteiger partial charge in [-0.25, -0.2) is 9.78 Å². The minimum Gasteiger partial charge on any atom is -0.496 e. The molecule has 0 radical (unpaired) electrons. The maximum absolute atomic E-state index is 15.7. The van der Waals surface area contributed by atoms with Crippen molar-refractivity contribution in [2.24, 2.45) is 11.3 Å². The monoisotopic (exact) mass is 954 g/mol. The summed E-state index contributed by atoms with van der Waals surface area (Å²) in [4.78, 5) is 72.8. The van der Waals surface area contributed by atoms with Crippen molar-refractivity contribution in [3.05, 3.63) is 101 Å². The van der Waals surface area contributed by atoms with Crippen LogP contribution in [0.5, 0.6) is 5.75 Å². The Bertz CT molecular complexity index is 2970. The van der Waals surface area contributed by atoms with Crippen LogP contribution < -0.4 is 15.0 Å². The van der Waals surface area contributed by atoms with Gasteiger partial charge in [0.05, 0.1) is 32.9 Å². The molecule has 3 fully saturated rings. The number of H-pyrrole nitrogens is 1. The highest BCUT2D eigenvalue weighted by Gasteiger charge is 2.80. The van der Waals surface area contributed by atoms with Crippen molar-refractivity contribution in [3.63, 3.8) is 0 Å². The predicted octanol–water partition coefficient (Wildman–Crippen LogP) is 5.57. The second-order valence-corrected chi connectivity index (χ2v) is 20.7. The minimum absolute atomic E-state index is 0.00471. The first kappa shape index (κ1) is 46.2. The number of piperidine rings is 1. The number of nitrogens with zero attached hydrogens (tertiary/aromatic N) is 4. The fourth-order valence-corrected chi connectivity index (χ4v) is 15.0. The molecular formula is C54H62N6O10. The predicted molar refractivity (Wildman–Crippen MR) is 260 cm³/mol. The van der Waals surface area contributed by atoms with E-state index in [1.165, 1.54) is 21.1 Å². The number of hydrogen-bond donors (Lipinski definition) is 3. The molecule has 6 aliphatic rings.